The minimum atomic E-state index is -0.592. The van der Waals surface area contributed by atoms with E-state index in [2.05, 4.69) is 19.2 Å². The van der Waals surface area contributed by atoms with Crippen LogP contribution in [0.4, 0.5) is 10.1 Å². The summed E-state index contributed by atoms with van der Waals surface area (Å²) in [7, 11) is 0. The fourth-order valence-corrected chi connectivity index (χ4v) is 1.99. The number of nitrogens with one attached hydrogen (secondary N) is 1. The van der Waals surface area contributed by atoms with Crippen molar-refractivity contribution < 1.29 is 9.18 Å². The van der Waals surface area contributed by atoms with Gasteiger partial charge in [0.05, 0.1) is 5.56 Å². The van der Waals surface area contributed by atoms with Crippen molar-refractivity contribution >= 4 is 23.2 Å². The third-order valence-corrected chi connectivity index (χ3v) is 3.24. The zero-order chi connectivity index (χ0) is 14.7. The predicted molar refractivity (Wildman–Crippen MR) is 79.9 cm³/mol. The van der Waals surface area contributed by atoms with Gasteiger partial charge >= 0.3 is 0 Å². The van der Waals surface area contributed by atoms with Crippen molar-refractivity contribution in [1.82, 2.24) is 0 Å². The molecule has 0 saturated heterocycles. The molecule has 2 aromatic carbocycles. The van der Waals surface area contributed by atoms with Crippen LogP contribution in [0.25, 0.3) is 0 Å². The number of anilines is 1. The molecule has 0 radical (unpaired) electrons. The van der Waals surface area contributed by atoms with E-state index >= 15 is 0 Å². The van der Waals surface area contributed by atoms with E-state index in [1.54, 1.807) is 12.1 Å². The number of carbonyl (C=O) groups is 1. The Bertz CT molecular complexity index is 623. The molecule has 0 aliphatic carbocycles. The van der Waals surface area contributed by atoms with Gasteiger partial charge in [-0.1, -0.05) is 37.6 Å². The van der Waals surface area contributed by atoms with Gasteiger partial charge in [-0.3, -0.25) is 4.79 Å². The van der Waals surface area contributed by atoms with Crippen LogP contribution in [0, 0.1) is 5.82 Å². The Morgan fingerprint density at radius 1 is 1.15 bits per heavy atom. The molecule has 4 heteroatoms. The van der Waals surface area contributed by atoms with Gasteiger partial charge in [0.25, 0.3) is 5.91 Å². The van der Waals surface area contributed by atoms with Crippen molar-refractivity contribution in [1.29, 1.82) is 0 Å². The number of halogens is 2. The van der Waals surface area contributed by atoms with E-state index in [4.69, 9.17) is 11.6 Å². The number of amides is 1. The summed E-state index contributed by atoms with van der Waals surface area (Å²) < 4.78 is 13.6. The van der Waals surface area contributed by atoms with Crippen LogP contribution in [0.15, 0.2) is 42.5 Å². The number of benzene rings is 2. The lowest BCUT2D eigenvalue weighted by atomic mass is 10.0. The molecule has 0 aromatic heterocycles. The first-order valence-electron chi connectivity index (χ1n) is 6.33. The molecular weight excluding hydrogens is 277 g/mol. The van der Waals surface area contributed by atoms with Gasteiger partial charge in [0.15, 0.2) is 0 Å². The molecule has 2 aromatic rings. The van der Waals surface area contributed by atoms with Crippen LogP contribution in [-0.2, 0) is 0 Å². The van der Waals surface area contributed by atoms with Gasteiger partial charge in [-0.2, -0.15) is 0 Å². The molecule has 104 valence electrons. The fraction of sp³-hybridized carbons (Fsp3) is 0.188. The lowest BCUT2D eigenvalue weighted by Gasteiger charge is -2.09. The van der Waals surface area contributed by atoms with Crippen molar-refractivity contribution in [3.8, 4) is 0 Å². The van der Waals surface area contributed by atoms with Gasteiger partial charge in [-0.25, -0.2) is 4.39 Å². The van der Waals surface area contributed by atoms with E-state index in [0.29, 0.717) is 16.6 Å². The van der Waals surface area contributed by atoms with Crippen LogP contribution >= 0.6 is 11.6 Å². The highest BCUT2D eigenvalue weighted by molar-refractivity contribution is 6.31. The Hall–Kier alpha value is -1.87. The third-order valence-electron chi connectivity index (χ3n) is 3.01. The molecule has 0 aliphatic heterocycles. The molecule has 0 aliphatic rings. The third kappa shape index (κ3) is 3.36. The van der Waals surface area contributed by atoms with Gasteiger partial charge in [-0.05, 0) is 41.8 Å². The van der Waals surface area contributed by atoms with E-state index in [1.165, 1.54) is 23.8 Å². The quantitative estimate of drug-likeness (QED) is 0.860. The zero-order valence-electron chi connectivity index (χ0n) is 11.3. The van der Waals surface area contributed by atoms with Gasteiger partial charge in [0, 0.05) is 10.7 Å². The van der Waals surface area contributed by atoms with E-state index in [9.17, 15) is 9.18 Å². The lowest BCUT2D eigenvalue weighted by Crippen LogP contribution is -2.13. The second kappa shape index (κ2) is 6.06. The summed E-state index contributed by atoms with van der Waals surface area (Å²) in [5.74, 6) is -0.682. The zero-order valence-corrected chi connectivity index (χ0v) is 12.0. The van der Waals surface area contributed by atoms with Crippen LogP contribution in [-0.4, -0.2) is 5.91 Å². The van der Waals surface area contributed by atoms with Crippen molar-refractivity contribution in [3.05, 3.63) is 64.4 Å². The summed E-state index contributed by atoms with van der Waals surface area (Å²) in [5.41, 5.74) is 1.74. The SMILES string of the molecule is CC(C)c1ccc(NC(=O)c2cc(Cl)ccc2F)cc1. The number of hydrogen-bond acceptors (Lipinski definition) is 1. The number of hydrogen-bond donors (Lipinski definition) is 1. The maximum atomic E-state index is 13.6. The van der Waals surface area contributed by atoms with E-state index in [-0.39, 0.29) is 5.56 Å². The Kier molecular flexibility index (Phi) is 4.40. The summed E-state index contributed by atoms with van der Waals surface area (Å²) in [6.45, 7) is 4.18. The molecule has 0 saturated carbocycles. The first kappa shape index (κ1) is 14.5. The van der Waals surface area contributed by atoms with E-state index < -0.39 is 11.7 Å². The van der Waals surface area contributed by atoms with Crippen molar-refractivity contribution in [3.63, 3.8) is 0 Å². The Balaban J connectivity index is 2.17. The van der Waals surface area contributed by atoms with Crippen LogP contribution in [0.3, 0.4) is 0 Å². The van der Waals surface area contributed by atoms with Crippen molar-refractivity contribution in [2.45, 2.75) is 19.8 Å². The van der Waals surface area contributed by atoms with Crippen LogP contribution in [0.1, 0.15) is 35.7 Å². The van der Waals surface area contributed by atoms with Crippen LogP contribution < -0.4 is 5.32 Å². The summed E-state index contributed by atoms with van der Waals surface area (Å²) >= 11 is 5.77. The Labute approximate surface area is 122 Å². The molecule has 20 heavy (non-hydrogen) atoms. The average Bonchev–Trinajstić information content (AvgIpc) is 2.42. The van der Waals surface area contributed by atoms with E-state index in [0.717, 1.165) is 0 Å². The van der Waals surface area contributed by atoms with E-state index in [1.807, 2.05) is 12.1 Å². The smallest absolute Gasteiger partial charge is 0.258 e. The standard InChI is InChI=1S/C16H15ClFNO/c1-10(2)11-3-6-13(7-4-11)19-16(20)14-9-12(17)5-8-15(14)18/h3-10H,1-2H3,(H,19,20). The Morgan fingerprint density at radius 2 is 1.80 bits per heavy atom. The molecule has 1 N–H and O–H groups in total. The Morgan fingerprint density at radius 3 is 2.40 bits per heavy atom. The number of rotatable bonds is 3. The minimum absolute atomic E-state index is 0.0644. The van der Waals surface area contributed by atoms with Crippen molar-refractivity contribution in [2.75, 3.05) is 5.32 Å². The first-order chi connectivity index (χ1) is 9.47. The predicted octanol–water partition coefficient (Wildman–Crippen LogP) is 4.85. The van der Waals surface area contributed by atoms with Crippen LogP contribution in [0.5, 0.6) is 0 Å². The van der Waals surface area contributed by atoms with Crippen LogP contribution in [0.2, 0.25) is 5.02 Å². The largest absolute Gasteiger partial charge is 0.322 e. The number of carbonyl (C=O) groups excluding carboxylic acids is 1. The normalized spacial score (nSPS) is 10.7. The molecule has 0 bridgehead atoms. The molecule has 0 unspecified atom stereocenters. The van der Waals surface area contributed by atoms with Crippen molar-refractivity contribution in [2.24, 2.45) is 0 Å². The molecule has 0 atom stereocenters. The molecule has 0 heterocycles. The van der Waals surface area contributed by atoms with Gasteiger partial charge in [0.1, 0.15) is 5.82 Å². The highest BCUT2D eigenvalue weighted by Crippen LogP contribution is 2.19. The molecule has 1 amide bonds. The second-order valence-electron chi connectivity index (χ2n) is 4.86. The first-order valence-corrected chi connectivity index (χ1v) is 6.71. The lowest BCUT2D eigenvalue weighted by molar-refractivity contribution is 0.102. The molecule has 2 rings (SSSR count). The second-order valence-corrected chi connectivity index (χ2v) is 5.29. The highest BCUT2D eigenvalue weighted by atomic mass is 35.5. The van der Waals surface area contributed by atoms with Gasteiger partial charge in [0.2, 0.25) is 0 Å². The van der Waals surface area contributed by atoms with Gasteiger partial charge < -0.3 is 5.32 Å². The molecule has 2 nitrogen and oxygen atoms in total. The molecular formula is C16H15ClFNO. The monoisotopic (exact) mass is 291 g/mol. The maximum absolute atomic E-state index is 13.6. The summed E-state index contributed by atoms with van der Waals surface area (Å²) in [6, 6.07) is 11.4. The minimum Gasteiger partial charge on any atom is -0.322 e. The van der Waals surface area contributed by atoms with Gasteiger partial charge in [-0.15, -0.1) is 0 Å². The highest BCUT2D eigenvalue weighted by Gasteiger charge is 2.12. The molecule has 0 spiro atoms. The summed E-state index contributed by atoms with van der Waals surface area (Å²) in [5, 5.41) is 2.98. The fourth-order valence-electron chi connectivity index (χ4n) is 1.82. The summed E-state index contributed by atoms with van der Waals surface area (Å²) in [6.07, 6.45) is 0. The topological polar surface area (TPSA) is 29.1 Å². The average molecular weight is 292 g/mol. The maximum Gasteiger partial charge on any atom is 0.258 e. The summed E-state index contributed by atoms with van der Waals surface area (Å²) in [4.78, 5) is 12.0. The molecule has 0 fully saturated rings.